The van der Waals surface area contributed by atoms with Crippen molar-refractivity contribution in [2.24, 2.45) is 0 Å². The quantitative estimate of drug-likeness (QED) is 0.166. The summed E-state index contributed by atoms with van der Waals surface area (Å²) < 4.78 is 5.16. The number of hydrogen-bond acceptors (Lipinski definition) is 1. The summed E-state index contributed by atoms with van der Waals surface area (Å²) in [7, 11) is 0. The van der Waals surface area contributed by atoms with Gasteiger partial charge in [0.1, 0.15) is 0 Å². The van der Waals surface area contributed by atoms with E-state index in [0.29, 0.717) is 29.2 Å². The molecule has 3 nitrogen and oxygen atoms in total. The number of aromatic nitrogens is 2. The minimum atomic E-state index is 0.0738. The van der Waals surface area contributed by atoms with E-state index in [9.17, 15) is 5.26 Å². The van der Waals surface area contributed by atoms with Gasteiger partial charge in [0.25, 0.3) is 6.71 Å². The maximum Gasteiger partial charge on any atom is 0.252 e. The molecule has 0 radical (unpaired) electrons. The Bertz CT molecular complexity index is 2760. The van der Waals surface area contributed by atoms with Crippen molar-refractivity contribution in [1.82, 2.24) is 9.13 Å². The predicted molar refractivity (Wildman–Crippen MR) is 226 cm³/mol. The lowest BCUT2D eigenvalue weighted by Crippen LogP contribution is -2.59. The smallest absolute Gasteiger partial charge is 0.252 e. The number of nitriles is 1. The monoisotopic (exact) mass is 685 g/mol. The van der Waals surface area contributed by atoms with Crippen LogP contribution in [0.5, 0.6) is 0 Å². The van der Waals surface area contributed by atoms with Crippen LogP contribution in [0, 0.1) is 11.3 Å². The van der Waals surface area contributed by atoms with E-state index < -0.39 is 0 Å². The van der Waals surface area contributed by atoms with Gasteiger partial charge in [-0.2, -0.15) is 5.26 Å². The first-order valence-corrected chi connectivity index (χ1v) is 19.5. The van der Waals surface area contributed by atoms with E-state index in [1.807, 2.05) is 18.2 Å². The van der Waals surface area contributed by atoms with E-state index in [2.05, 4.69) is 149 Å². The Labute approximate surface area is 312 Å². The Kier molecular flexibility index (Phi) is 6.82. The highest BCUT2D eigenvalue weighted by Crippen LogP contribution is 2.43. The molecular formula is C49H44BN3. The normalized spacial score (nSPS) is 13.2. The van der Waals surface area contributed by atoms with Crippen LogP contribution in [0.1, 0.15) is 107 Å². The van der Waals surface area contributed by atoms with Crippen LogP contribution in [-0.4, -0.2) is 15.8 Å². The standard InChI is InChI=1S/C49H44BN3/c1-26(2)31-12-14-43-37(17-31)39-19-34(28(5)6)21-41-48(39)52(43)45-23-36(33-11-9-10-30(16-33)25-51)24-46-47(45)50(41)42-22-35(29(7)8)20-40-38-18-32(27(3)4)13-15-44(38)53(46)49(40)42/h9-24,26-29H,1-8H3. The zero-order valence-electron chi connectivity index (χ0n) is 32.0. The second-order valence-corrected chi connectivity index (χ2v) is 16.9. The third-order valence-electron chi connectivity index (χ3n) is 12.4. The van der Waals surface area contributed by atoms with Crippen molar-refractivity contribution in [2.45, 2.75) is 79.1 Å². The van der Waals surface area contributed by atoms with Crippen LogP contribution >= 0.6 is 0 Å². The summed E-state index contributed by atoms with van der Waals surface area (Å²) in [4.78, 5) is 0. The predicted octanol–water partition coefficient (Wildman–Crippen LogP) is 11.1. The Hall–Kier alpha value is -5.53. The molecular weight excluding hydrogens is 641 g/mol. The first kappa shape index (κ1) is 32.2. The molecule has 53 heavy (non-hydrogen) atoms. The van der Waals surface area contributed by atoms with Gasteiger partial charge in [-0.25, -0.2) is 0 Å². The molecule has 0 aliphatic carbocycles. The molecule has 4 heterocycles. The summed E-state index contributed by atoms with van der Waals surface area (Å²) in [6.45, 7) is 18.6. The van der Waals surface area contributed by atoms with Crippen LogP contribution in [0.4, 0.5) is 0 Å². The summed E-state index contributed by atoms with van der Waals surface area (Å²) in [6, 6.07) is 39.7. The van der Waals surface area contributed by atoms with Gasteiger partial charge in [0.15, 0.2) is 0 Å². The molecule has 0 N–H and O–H groups in total. The maximum absolute atomic E-state index is 9.94. The van der Waals surface area contributed by atoms with Gasteiger partial charge in [-0.1, -0.05) is 91.8 Å². The molecule has 2 aromatic heterocycles. The Balaban J connectivity index is 1.45. The first-order chi connectivity index (χ1) is 25.5. The minimum Gasteiger partial charge on any atom is -0.310 e. The molecule has 0 saturated heterocycles. The highest BCUT2D eigenvalue weighted by Gasteiger charge is 2.42. The van der Waals surface area contributed by atoms with Crippen molar-refractivity contribution in [3.63, 3.8) is 0 Å². The molecule has 6 aromatic carbocycles. The number of fused-ring (bicyclic) bond motifs is 10. The van der Waals surface area contributed by atoms with Gasteiger partial charge in [-0.15, -0.1) is 0 Å². The van der Waals surface area contributed by atoms with Gasteiger partial charge in [0.05, 0.1) is 22.7 Å². The fraction of sp³-hybridized carbons (Fsp3) is 0.245. The lowest BCUT2D eigenvalue weighted by molar-refractivity contribution is 0.868. The van der Waals surface area contributed by atoms with E-state index in [1.54, 1.807) is 0 Å². The lowest BCUT2D eigenvalue weighted by atomic mass is 9.34. The van der Waals surface area contributed by atoms with Crippen molar-refractivity contribution < 1.29 is 0 Å². The number of nitrogens with zero attached hydrogens (tertiary/aromatic N) is 3. The molecule has 258 valence electrons. The number of hydrogen-bond donors (Lipinski definition) is 0. The largest absolute Gasteiger partial charge is 0.310 e. The zero-order valence-corrected chi connectivity index (χ0v) is 32.0. The second-order valence-electron chi connectivity index (χ2n) is 16.9. The van der Waals surface area contributed by atoms with Gasteiger partial charge in [0, 0.05) is 44.0 Å². The van der Waals surface area contributed by atoms with Crippen molar-refractivity contribution >= 4 is 66.7 Å². The summed E-state index contributed by atoms with van der Waals surface area (Å²) in [6.07, 6.45) is 0. The summed E-state index contributed by atoms with van der Waals surface area (Å²) in [5, 5.41) is 15.3. The molecule has 2 aliphatic heterocycles. The van der Waals surface area contributed by atoms with Crippen molar-refractivity contribution in [2.75, 3.05) is 0 Å². The Morgan fingerprint density at radius 2 is 0.962 bits per heavy atom. The maximum atomic E-state index is 9.94. The number of rotatable bonds is 5. The summed E-state index contributed by atoms with van der Waals surface area (Å²) >= 11 is 0. The molecule has 0 spiro atoms. The van der Waals surface area contributed by atoms with Gasteiger partial charge < -0.3 is 9.13 Å². The second kappa shape index (κ2) is 11.2. The van der Waals surface area contributed by atoms with E-state index in [1.165, 1.54) is 93.6 Å². The third-order valence-corrected chi connectivity index (χ3v) is 12.4. The van der Waals surface area contributed by atoms with E-state index >= 15 is 0 Å². The fourth-order valence-corrected chi connectivity index (χ4v) is 9.47. The molecule has 8 aromatic rings. The Morgan fingerprint density at radius 3 is 1.42 bits per heavy atom. The molecule has 0 atom stereocenters. The molecule has 10 rings (SSSR count). The average molecular weight is 686 g/mol. The van der Waals surface area contributed by atoms with E-state index in [4.69, 9.17) is 0 Å². The van der Waals surface area contributed by atoms with E-state index in [-0.39, 0.29) is 6.71 Å². The molecule has 0 amide bonds. The average Bonchev–Trinajstić information content (AvgIpc) is 3.67. The van der Waals surface area contributed by atoms with Gasteiger partial charge >= 0.3 is 0 Å². The number of benzene rings is 6. The highest BCUT2D eigenvalue weighted by atomic mass is 15.0. The van der Waals surface area contributed by atoms with Crippen LogP contribution in [0.3, 0.4) is 0 Å². The summed E-state index contributed by atoms with van der Waals surface area (Å²) in [5.74, 6) is 1.66. The zero-order chi connectivity index (χ0) is 36.6. The molecule has 0 bridgehead atoms. The fourth-order valence-electron chi connectivity index (χ4n) is 9.47. The van der Waals surface area contributed by atoms with Crippen LogP contribution in [0.2, 0.25) is 0 Å². The van der Waals surface area contributed by atoms with Gasteiger partial charge in [0.2, 0.25) is 0 Å². The van der Waals surface area contributed by atoms with Crippen LogP contribution in [-0.2, 0) is 0 Å². The first-order valence-electron chi connectivity index (χ1n) is 19.5. The Morgan fingerprint density at radius 1 is 0.491 bits per heavy atom. The molecule has 4 heteroatoms. The SMILES string of the molecule is CC(C)c1ccc2c(c1)c1cc(C(C)C)cc3c1n2-c1cc(-c2cccc(C#N)c2)cc2c1B3c1cc(C(C)C)cc3c4cc(C(C)C)ccc4n-2c13. The molecule has 0 fully saturated rings. The minimum absolute atomic E-state index is 0.0738. The highest BCUT2D eigenvalue weighted by molar-refractivity contribution is 7.00. The van der Waals surface area contributed by atoms with Gasteiger partial charge in [-0.05, 0) is 134 Å². The lowest BCUT2D eigenvalue weighted by Gasteiger charge is -2.35. The summed E-state index contributed by atoms with van der Waals surface area (Å²) in [5.41, 5.74) is 20.2. The van der Waals surface area contributed by atoms with Crippen molar-refractivity contribution in [3.05, 3.63) is 125 Å². The molecule has 0 unspecified atom stereocenters. The third kappa shape index (κ3) is 4.40. The van der Waals surface area contributed by atoms with Crippen molar-refractivity contribution in [3.8, 4) is 28.6 Å². The van der Waals surface area contributed by atoms with E-state index in [0.717, 1.165) is 11.1 Å². The van der Waals surface area contributed by atoms with Gasteiger partial charge in [-0.3, -0.25) is 0 Å². The van der Waals surface area contributed by atoms with Crippen molar-refractivity contribution in [1.29, 1.82) is 5.26 Å². The molecule has 0 saturated carbocycles. The van der Waals surface area contributed by atoms with Crippen LogP contribution in [0.15, 0.2) is 97.1 Å². The molecule has 2 aliphatic rings. The van der Waals surface area contributed by atoms with Crippen LogP contribution in [0.25, 0.3) is 66.1 Å². The topological polar surface area (TPSA) is 33.6 Å². The van der Waals surface area contributed by atoms with Crippen LogP contribution < -0.4 is 16.4 Å².